The lowest BCUT2D eigenvalue weighted by Crippen LogP contribution is -2.46. The van der Waals surface area contributed by atoms with Gasteiger partial charge in [0, 0.05) is 32.2 Å². The summed E-state index contributed by atoms with van der Waals surface area (Å²) in [6.07, 6.45) is 1.07. The van der Waals surface area contributed by atoms with Gasteiger partial charge in [-0.25, -0.2) is 21.6 Å². The Bertz CT molecular complexity index is 1250. The van der Waals surface area contributed by atoms with E-state index in [9.17, 15) is 21.6 Å². The Morgan fingerprint density at radius 3 is 2.29 bits per heavy atom. The number of hydrogen-bond donors (Lipinski definition) is 2. The van der Waals surface area contributed by atoms with Crippen molar-refractivity contribution in [3.05, 3.63) is 48.0 Å². The van der Waals surface area contributed by atoms with E-state index < -0.39 is 26.0 Å². The molecule has 1 saturated heterocycles. The fraction of sp³-hybridized carbons (Fsp3) is 0.435. The fourth-order valence-corrected chi connectivity index (χ4v) is 6.39. The first kappa shape index (κ1) is 26.9. The highest BCUT2D eigenvalue weighted by Crippen LogP contribution is 2.32. The van der Waals surface area contributed by atoms with Gasteiger partial charge in [-0.05, 0) is 44.0 Å². The van der Waals surface area contributed by atoms with Crippen LogP contribution in [0.1, 0.15) is 18.4 Å². The minimum Gasteiger partial charge on any atom is -0.493 e. The first-order valence-electron chi connectivity index (χ1n) is 11.1. The molecule has 3 rings (SSSR count). The summed E-state index contributed by atoms with van der Waals surface area (Å²) >= 11 is 0. The van der Waals surface area contributed by atoms with Gasteiger partial charge in [0.15, 0.2) is 11.5 Å². The summed E-state index contributed by atoms with van der Waals surface area (Å²) in [5.74, 6) is -0.132. The molecule has 2 aromatic rings. The monoisotopic (exact) mass is 525 g/mol. The van der Waals surface area contributed by atoms with Crippen molar-refractivity contribution >= 4 is 26.0 Å². The van der Waals surface area contributed by atoms with Crippen LogP contribution in [0.3, 0.4) is 0 Å². The number of ether oxygens (including phenoxy) is 2. The lowest BCUT2D eigenvalue weighted by Gasteiger charge is -2.31. The first-order valence-corrected chi connectivity index (χ1v) is 14.1. The first-order chi connectivity index (χ1) is 16.6. The number of rotatable bonds is 10. The van der Waals surface area contributed by atoms with Crippen LogP contribution in [0.5, 0.6) is 11.5 Å². The number of benzene rings is 2. The van der Waals surface area contributed by atoms with E-state index in [4.69, 9.17) is 9.47 Å². The number of nitrogens with zero attached hydrogens (tertiary/aromatic N) is 1. The third kappa shape index (κ3) is 6.51. The van der Waals surface area contributed by atoms with Gasteiger partial charge in [0.25, 0.3) is 0 Å². The molecule has 10 nitrogen and oxygen atoms in total. The van der Waals surface area contributed by atoms with E-state index in [1.54, 1.807) is 12.1 Å². The molecule has 0 radical (unpaired) electrons. The van der Waals surface area contributed by atoms with E-state index >= 15 is 0 Å². The standard InChI is InChI=1S/C23H31N3O7S2/c1-17-6-8-19(9-7-17)34(28,29)25-13-12-24-23(27)18-5-4-14-26(16-18)35(30,31)20-10-11-21(32-2)22(15-20)33-3/h6-11,15,18,25H,4-5,12-14,16H2,1-3H3,(H,24,27)/t18-/m0/s1. The molecule has 0 unspecified atom stereocenters. The number of piperidine rings is 1. The SMILES string of the molecule is COc1ccc(S(=O)(=O)N2CCC[C@H](C(=O)NCCNS(=O)(=O)c3ccc(C)cc3)C2)cc1OC. The van der Waals surface area contributed by atoms with Crippen molar-refractivity contribution in [1.82, 2.24) is 14.3 Å². The summed E-state index contributed by atoms with van der Waals surface area (Å²) in [5.41, 5.74) is 0.950. The molecule has 0 aromatic heterocycles. The second-order valence-electron chi connectivity index (χ2n) is 8.22. The molecule has 35 heavy (non-hydrogen) atoms. The molecule has 1 aliphatic rings. The van der Waals surface area contributed by atoms with Crippen molar-refractivity contribution in [2.75, 3.05) is 40.4 Å². The quantitative estimate of drug-likeness (QED) is 0.450. The summed E-state index contributed by atoms with van der Waals surface area (Å²) < 4.78 is 65.2. The van der Waals surface area contributed by atoms with E-state index in [0.29, 0.717) is 30.9 Å². The normalized spacial score (nSPS) is 17.1. The molecule has 0 saturated carbocycles. The van der Waals surface area contributed by atoms with Gasteiger partial charge >= 0.3 is 0 Å². The highest BCUT2D eigenvalue weighted by molar-refractivity contribution is 7.89. The second kappa shape index (κ2) is 11.4. The van der Waals surface area contributed by atoms with Gasteiger partial charge in [-0.2, -0.15) is 4.31 Å². The smallest absolute Gasteiger partial charge is 0.243 e. The van der Waals surface area contributed by atoms with Gasteiger partial charge in [-0.1, -0.05) is 17.7 Å². The lowest BCUT2D eigenvalue weighted by molar-refractivity contribution is -0.126. The maximum atomic E-state index is 13.2. The molecule has 0 spiro atoms. The van der Waals surface area contributed by atoms with Crippen LogP contribution in [-0.4, -0.2) is 67.4 Å². The number of hydrogen-bond acceptors (Lipinski definition) is 7. The zero-order valence-corrected chi connectivity index (χ0v) is 21.6. The number of carbonyl (C=O) groups excluding carboxylic acids is 1. The minimum absolute atomic E-state index is 0.0162. The highest BCUT2D eigenvalue weighted by atomic mass is 32.2. The predicted octanol–water partition coefficient (Wildman–Crippen LogP) is 1.51. The summed E-state index contributed by atoms with van der Waals surface area (Å²) in [6.45, 7) is 2.31. The van der Waals surface area contributed by atoms with Crippen LogP contribution in [0, 0.1) is 12.8 Å². The van der Waals surface area contributed by atoms with Crippen LogP contribution in [0.2, 0.25) is 0 Å². The highest BCUT2D eigenvalue weighted by Gasteiger charge is 2.33. The van der Waals surface area contributed by atoms with Crippen molar-refractivity contribution in [2.45, 2.75) is 29.6 Å². The number of methoxy groups -OCH3 is 2. The van der Waals surface area contributed by atoms with Crippen LogP contribution in [-0.2, 0) is 24.8 Å². The molecular weight excluding hydrogens is 494 g/mol. The van der Waals surface area contributed by atoms with Crippen LogP contribution < -0.4 is 19.5 Å². The number of carbonyl (C=O) groups is 1. The van der Waals surface area contributed by atoms with Crippen LogP contribution in [0.25, 0.3) is 0 Å². The maximum Gasteiger partial charge on any atom is 0.243 e. The average molecular weight is 526 g/mol. The largest absolute Gasteiger partial charge is 0.493 e. The number of aryl methyl sites for hydroxylation is 1. The molecule has 2 aromatic carbocycles. The third-order valence-electron chi connectivity index (χ3n) is 5.80. The zero-order chi connectivity index (χ0) is 25.6. The Labute approximate surface area is 206 Å². The lowest BCUT2D eigenvalue weighted by atomic mass is 9.99. The summed E-state index contributed by atoms with van der Waals surface area (Å²) in [6, 6.07) is 10.8. The van der Waals surface area contributed by atoms with Crippen molar-refractivity contribution in [1.29, 1.82) is 0 Å². The summed E-state index contributed by atoms with van der Waals surface area (Å²) in [4.78, 5) is 12.9. The number of sulfonamides is 2. The molecule has 0 bridgehead atoms. The average Bonchev–Trinajstić information content (AvgIpc) is 2.86. The molecular formula is C23H31N3O7S2. The molecule has 12 heteroatoms. The molecule has 1 heterocycles. The third-order valence-corrected chi connectivity index (χ3v) is 9.13. The van der Waals surface area contributed by atoms with Gasteiger partial charge in [-0.15, -0.1) is 0 Å². The van der Waals surface area contributed by atoms with Gasteiger partial charge in [-0.3, -0.25) is 4.79 Å². The van der Waals surface area contributed by atoms with Crippen LogP contribution in [0.4, 0.5) is 0 Å². The van der Waals surface area contributed by atoms with E-state index in [1.807, 2.05) is 6.92 Å². The fourth-order valence-electron chi connectivity index (χ4n) is 3.82. The van der Waals surface area contributed by atoms with Gasteiger partial charge in [0.05, 0.1) is 29.9 Å². The topological polar surface area (TPSA) is 131 Å². The summed E-state index contributed by atoms with van der Waals surface area (Å²) in [7, 11) is -4.62. The predicted molar refractivity (Wildman–Crippen MR) is 130 cm³/mol. The number of amides is 1. The molecule has 192 valence electrons. The van der Waals surface area contributed by atoms with E-state index in [-0.39, 0.29) is 35.3 Å². The molecule has 1 atom stereocenters. The Kier molecular flexibility index (Phi) is 8.75. The Morgan fingerprint density at radius 1 is 0.971 bits per heavy atom. The van der Waals surface area contributed by atoms with Crippen molar-refractivity contribution in [2.24, 2.45) is 5.92 Å². The van der Waals surface area contributed by atoms with E-state index in [0.717, 1.165) is 5.56 Å². The molecule has 2 N–H and O–H groups in total. The Balaban J connectivity index is 1.56. The van der Waals surface area contributed by atoms with Gasteiger partial charge in [0.2, 0.25) is 26.0 Å². The van der Waals surface area contributed by atoms with Crippen LogP contribution >= 0.6 is 0 Å². The van der Waals surface area contributed by atoms with E-state index in [2.05, 4.69) is 10.0 Å². The summed E-state index contributed by atoms with van der Waals surface area (Å²) in [5, 5.41) is 2.71. The molecule has 0 aliphatic carbocycles. The molecule has 1 fully saturated rings. The van der Waals surface area contributed by atoms with Crippen molar-refractivity contribution in [3.8, 4) is 11.5 Å². The number of nitrogens with one attached hydrogen (secondary N) is 2. The van der Waals surface area contributed by atoms with Crippen molar-refractivity contribution in [3.63, 3.8) is 0 Å². The zero-order valence-electron chi connectivity index (χ0n) is 20.0. The minimum atomic E-state index is -3.84. The van der Waals surface area contributed by atoms with E-state index in [1.165, 1.54) is 48.9 Å². The molecule has 1 amide bonds. The van der Waals surface area contributed by atoms with Crippen molar-refractivity contribution < 1.29 is 31.1 Å². The second-order valence-corrected chi connectivity index (χ2v) is 11.9. The van der Waals surface area contributed by atoms with Gasteiger partial charge < -0.3 is 14.8 Å². The maximum absolute atomic E-state index is 13.2. The molecule has 1 aliphatic heterocycles. The Hall–Kier alpha value is -2.67. The Morgan fingerprint density at radius 2 is 1.63 bits per heavy atom. The van der Waals surface area contributed by atoms with Crippen LogP contribution in [0.15, 0.2) is 52.3 Å². The van der Waals surface area contributed by atoms with Gasteiger partial charge in [0.1, 0.15) is 0 Å².